The van der Waals surface area contributed by atoms with Gasteiger partial charge in [0.25, 0.3) is 5.69 Å². The number of nitro benzene ring substituents is 1. The molecule has 0 aliphatic rings. The quantitative estimate of drug-likeness (QED) is 0.651. The monoisotopic (exact) mass is 248 g/mol. The maximum absolute atomic E-state index is 10.9. The molecule has 2 rings (SSSR count). The average molecular weight is 248 g/mol. The third-order valence-corrected chi connectivity index (χ3v) is 2.56. The van der Waals surface area contributed by atoms with Crippen molar-refractivity contribution in [2.24, 2.45) is 5.73 Å². The minimum Gasteiger partial charge on any atom is -0.339 e. The van der Waals surface area contributed by atoms with Gasteiger partial charge in [-0.1, -0.05) is 24.2 Å². The molecule has 1 aromatic heterocycles. The van der Waals surface area contributed by atoms with E-state index in [1.807, 2.05) is 6.92 Å². The first-order valence-corrected chi connectivity index (χ1v) is 5.41. The van der Waals surface area contributed by atoms with Gasteiger partial charge < -0.3 is 10.3 Å². The molecule has 1 atom stereocenters. The number of hydrogen-bond donors (Lipinski definition) is 1. The van der Waals surface area contributed by atoms with Gasteiger partial charge in [-0.2, -0.15) is 4.98 Å². The summed E-state index contributed by atoms with van der Waals surface area (Å²) in [6, 6.07) is 6.26. The van der Waals surface area contributed by atoms with E-state index in [2.05, 4.69) is 10.1 Å². The molecule has 18 heavy (non-hydrogen) atoms. The highest BCUT2D eigenvalue weighted by Gasteiger charge is 2.20. The molecular weight excluding hydrogens is 236 g/mol. The molecular formula is C11H12N4O3. The lowest BCUT2D eigenvalue weighted by Crippen LogP contribution is -2.09. The van der Waals surface area contributed by atoms with Crippen LogP contribution in [-0.4, -0.2) is 21.6 Å². The molecule has 0 spiro atoms. The number of nitro groups is 1. The van der Waals surface area contributed by atoms with Crippen LogP contribution >= 0.6 is 0 Å². The molecule has 1 unspecified atom stereocenters. The predicted molar refractivity (Wildman–Crippen MR) is 63.9 cm³/mol. The minimum absolute atomic E-state index is 0.0507. The number of nitrogens with zero attached hydrogens (tertiary/aromatic N) is 3. The molecule has 1 heterocycles. The summed E-state index contributed by atoms with van der Waals surface area (Å²) >= 11 is 0. The fraction of sp³-hybridized carbons (Fsp3) is 0.273. The second-order valence-corrected chi connectivity index (χ2v) is 3.87. The Hall–Kier alpha value is -2.28. The van der Waals surface area contributed by atoms with Crippen LogP contribution in [0.25, 0.3) is 11.4 Å². The highest BCUT2D eigenvalue weighted by molar-refractivity contribution is 5.67. The summed E-state index contributed by atoms with van der Waals surface area (Å²) in [5, 5.41) is 14.6. The van der Waals surface area contributed by atoms with Gasteiger partial charge in [0.05, 0.1) is 4.92 Å². The van der Waals surface area contributed by atoms with Crippen LogP contribution in [0.4, 0.5) is 5.69 Å². The Morgan fingerprint density at radius 2 is 2.22 bits per heavy atom. The second-order valence-electron chi connectivity index (χ2n) is 3.87. The Morgan fingerprint density at radius 1 is 1.50 bits per heavy atom. The first-order valence-electron chi connectivity index (χ1n) is 5.41. The van der Waals surface area contributed by atoms with Gasteiger partial charge in [0.2, 0.25) is 11.7 Å². The van der Waals surface area contributed by atoms with Crippen LogP contribution in [0, 0.1) is 10.1 Å². The minimum atomic E-state index is -0.474. The molecule has 94 valence electrons. The average Bonchev–Trinajstić information content (AvgIpc) is 2.87. The number of rotatable bonds is 4. The zero-order valence-corrected chi connectivity index (χ0v) is 9.74. The Morgan fingerprint density at radius 3 is 2.89 bits per heavy atom. The fourth-order valence-corrected chi connectivity index (χ4v) is 1.47. The third kappa shape index (κ3) is 2.21. The highest BCUT2D eigenvalue weighted by atomic mass is 16.6. The van der Waals surface area contributed by atoms with E-state index in [1.54, 1.807) is 18.2 Å². The van der Waals surface area contributed by atoms with Crippen LogP contribution in [-0.2, 0) is 0 Å². The number of aromatic nitrogens is 2. The van der Waals surface area contributed by atoms with E-state index >= 15 is 0 Å². The Balaban J connectivity index is 2.43. The summed E-state index contributed by atoms with van der Waals surface area (Å²) in [7, 11) is 0. The Kier molecular flexibility index (Phi) is 3.33. The van der Waals surface area contributed by atoms with Crippen molar-refractivity contribution in [3.63, 3.8) is 0 Å². The molecule has 2 aromatic rings. The van der Waals surface area contributed by atoms with E-state index in [1.165, 1.54) is 6.07 Å². The van der Waals surface area contributed by atoms with Crippen LogP contribution < -0.4 is 5.73 Å². The molecule has 0 bridgehead atoms. The van der Waals surface area contributed by atoms with E-state index in [0.29, 0.717) is 18.0 Å². The largest absolute Gasteiger partial charge is 0.339 e. The molecule has 0 fully saturated rings. The smallest absolute Gasteiger partial charge is 0.280 e. The fourth-order valence-electron chi connectivity index (χ4n) is 1.47. The lowest BCUT2D eigenvalue weighted by molar-refractivity contribution is -0.384. The molecule has 0 saturated carbocycles. The number of nitrogens with two attached hydrogens (primary N) is 1. The second kappa shape index (κ2) is 4.92. The maximum Gasteiger partial charge on any atom is 0.280 e. The number of benzene rings is 1. The molecule has 2 N–H and O–H groups in total. The number of hydrogen-bond acceptors (Lipinski definition) is 6. The van der Waals surface area contributed by atoms with E-state index in [-0.39, 0.29) is 17.4 Å². The molecule has 0 radical (unpaired) electrons. The summed E-state index contributed by atoms with van der Waals surface area (Å²) in [5.41, 5.74) is 5.78. The van der Waals surface area contributed by atoms with Crippen molar-refractivity contribution in [1.29, 1.82) is 0 Å². The van der Waals surface area contributed by atoms with Gasteiger partial charge >= 0.3 is 0 Å². The van der Waals surface area contributed by atoms with Crippen LogP contribution in [0.1, 0.15) is 18.7 Å². The van der Waals surface area contributed by atoms with Gasteiger partial charge in [-0.15, -0.1) is 0 Å². The lowest BCUT2D eigenvalue weighted by Gasteiger charge is -1.99. The van der Waals surface area contributed by atoms with Crippen molar-refractivity contribution in [2.45, 2.75) is 12.8 Å². The zero-order valence-electron chi connectivity index (χ0n) is 9.74. The van der Waals surface area contributed by atoms with Crippen LogP contribution in [0.2, 0.25) is 0 Å². The topological polar surface area (TPSA) is 108 Å². The van der Waals surface area contributed by atoms with Gasteiger partial charge in [0.15, 0.2) is 0 Å². The zero-order chi connectivity index (χ0) is 13.1. The highest BCUT2D eigenvalue weighted by Crippen LogP contribution is 2.27. The van der Waals surface area contributed by atoms with Crippen molar-refractivity contribution in [2.75, 3.05) is 6.54 Å². The normalized spacial score (nSPS) is 12.3. The van der Waals surface area contributed by atoms with Crippen molar-refractivity contribution in [3.8, 4) is 11.4 Å². The van der Waals surface area contributed by atoms with Crippen molar-refractivity contribution in [1.82, 2.24) is 10.1 Å². The van der Waals surface area contributed by atoms with Crippen molar-refractivity contribution in [3.05, 3.63) is 40.3 Å². The van der Waals surface area contributed by atoms with E-state index in [4.69, 9.17) is 10.3 Å². The standard InChI is InChI=1S/C11H12N4O3/c1-7(6-12)11-13-10(14-18-11)8-4-2-3-5-9(8)15(16)17/h2-5,7H,6,12H2,1H3. The van der Waals surface area contributed by atoms with Crippen molar-refractivity contribution < 1.29 is 9.45 Å². The molecule has 0 amide bonds. The summed E-state index contributed by atoms with van der Waals surface area (Å²) < 4.78 is 5.04. The first-order chi connectivity index (χ1) is 8.63. The summed E-state index contributed by atoms with van der Waals surface area (Å²) in [4.78, 5) is 14.5. The van der Waals surface area contributed by atoms with Gasteiger partial charge in [-0.05, 0) is 6.07 Å². The van der Waals surface area contributed by atoms with Gasteiger partial charge in [-0.3, -0.25) is 10.1 Å². The van der Waals surface area contributed by atoms with Gasteiger partial charge in [0, 0.05) is 18.5 Å². The van der Waals surface area contributed by atoms with E-state index < -0.39 is 4.92 Å². The lowest BCUT2D eigenvalue weighted by atomic mass is 10.1. The number of para-hydroxylation sites is 1. The van der Waals surface area contributed by atoms with E-state index in [9.17, 15) is 10.1 Å². The maximum atomic E-state index is 10.9. The Labute approximate surface area is 103 Å². The summed E-state index contributed by atoms with van der Waals surface area (Å²) in [6.07, 6.45) is 0. The summed E-state index contributed by atoms with van der Waals surface area (Å²) in [6.45, 7) is 2.22. The molecule has 0 aliphatic carbocycles. The summed E-state index contributed by atoms with van der Waals surface area (Å²) in [5.74, 6) is 0.511. The van der Waals surface area contributed by atoms with Crippen LogP contribution in [0.3, 0.4) is 0 Å². The molecule has 0 saturated heterocycles. The van der Waals surface area contributed by atoms with Gasteiger partial charge in [-0.25, -0.2) is 0 Å². The SMILES string of the molecule is CC(CN)c1nc(-c2ccccc2[N+](=O)[O-])no1. The van der Waals surface area contributed by atoms with Crippen LogP contribution in [0.5, 0.6) is 0 Å². The van der Waals surface area contributed by atoms with Crippen molar-refractivity contribution >= 4 is 5.69 Å². The third-order valence-electron chi connectivity index (χ3n) is 2.56. The Bertz CT molecular complexity index is 567. The van der Waals surface area contributed by atoms with Crippen LogP contribution in [0.15, 0.2) is 28.8 Å². The molecule has 7 heteroatoms. The van der Waals surface area contributed by atoms with E-state index in [0.717, 1.165) is 0 Å². The molecule has 0 aliphatic heterocycles. The van der Waals surface area contributed by atoms with Gasteiger partial charge in [0.1, 0.15) is 5.56 Å². The molecule has 1 aromatic carbocycles. The first kappa shape index (κ1) is 12.2. The predicted octanol–water partition coefficient (Wildman–Crippen LogP) is 1.71. The molecule has 7 nitrogen and oxygen atoms in total.